The first kappa shape index (κ1) is 22.7. The summed E-state index contributed by atoms with van der Waals surface area (Å²) in [5.74, 6) is 0.464. The summed E-state index contributed by atoms with van der Waals surface area (Å²) in [6.45, 7) is 9.32. The van der Waals surface area contributed by atoms with E-state index in [0.29, 0.717) is 12.5 Å². The Morgan fingerprint density at radius 3 is 2.27 bits per heavy atom. The van der Waals surface area contributed by atoms with Gasteiger partial charge in [-0.1, -0.05) is 58.0 Å². The fraction of sp³-hybridized carbons (Fsp3) is 0.682. The van der Waals surface area contributed by atoms with E-state index < -0.39 is 0 Å². The van der Waals surface area contributed by atoms with Gasteiger partial charge in [-0.2, -0.15) is 0 Å². The Morgan fingerprint density at radius 2 is 1.73 bits per heavy atom. The zero-order valence-electron chi connectivity index (χ0n) is 17.4. The van der Waals surface area contributed by atoms with Crippen molar-refractivity contribution in [1.82, 2.24) is 5.32 Å². The average Bonchev–Trinajstić information content (AvgIpc) is 2.62. The molecule has 1 N–H and O–H groups in total. The van der Waals surface area contributed by atoms with Crippen molar-refractivity contribution in [1.29, 1.82) is 0 Å². The van der Waals surface area contributed by atoms with Gasteiger partial charge < -0.3 is 14.8 Å². The van der Waals surface area contributed by atoms with Gasteiger partial charge in [0.05, 0.1) is 0 Å². The molecular weight excluding hydrogens is 326 g/mol. The topological polar surface area (TPSA) is 47.6 Å². The Hall–Kier alpha value is -1.39. The number of methoxy groups -OCH3 is 2. The predicted molar refractivity (Wildman–Crippen MR) is 107 cm³/mol. The second-order valence-corrected chi connectivity index (χ2v) is 8.22. The summed E-state index contributed by atoms with van der Waals surface area (Å²) in [5.41, 5.74) is 1.27. The van der Waals surface area contributed by atoms with Crippen molar-refractivity contribution in [2.75, 3.05) is 20.8 Å². The number of amides is 1. The van der Waals surface area contributed by atoms with E-state index in [1.165, 1.54) is 5.56 Å². The second-order valence-electron chi connectivity index (χ2n) is 8.22. The van der Waals surface area contributed by atoms with E-state index in [1.807, 2.05) is 18.2 Å². The molecule has 1 rings (SSSR count). The molecule has 1 amide bonds. The van der Waals surface area contributed by atoms with Crippen LogP contribution >= 0.6 is 0 Å². The van der Waals surface area contributed by atoms with Gasteiger partial charge in [0.15, 0.2) is 6.29 Å². The van der Waals surface area contributed by atoms with Crippen LogP contribution in [0, 0.1) is 17.3 Å². The zero-order valence-corrected chi connectivity index (χ0v) is 17.4. The third-order valence-corrected chi connectivity index (χ3v) is 5.00. The molecule has 4 heteroatoms. The third kappa shape index (κ3) is 8.33. The summed E-state index contributed by atoms with van der Waals surface area (Å²) in [5, 5.41) is 3.19. The SMILES string of the molecule is COC(CCCC(C)(C)CNC(=O)[C@H](Cc1ccccc1)C(C)C)OC. The van der Waals surface area contributed by atoms with Crippen LogP contribution in [-0.2, 0) is 20.7 Å². The lowest BCUT2D eigenvalue weighted by molar-refractivity contribution is -0.126. The molecule has 0 bridgehead atoms. The Kier molecular flexibility index (Phi) is 9.89. The Balaban J connectivity index is 2.50. The number of carbonyl (C=O) groups is 1. The van der Waals surface area contributed by atoms with Gasteiger partial charge in [-0.3, -0.25) is 4.79 Å². The first-order valence-electron chi connectivity index (χ1n) is 9.66. The summed E-state index contributed by atoms with van der Waals surface area (Å²) < 4.78 is 10.5. The number of benzene rings is 1. The maximum absolute atomic E-state index is 12.8. The molecule has 0 unspecified atom stereocenters. The molecule has 0 saturated carbocycles. The molecule has 1 aromatic rings. The monoisotopic (exact) mass is 363 g/mol. The van der Waals surface area contributed by atoms with Crippen LogP contribution in [0.1, 0.15) is 52.5 Å². The number of hydrogen-bond acceptors (Lipinski definition) is 3. The molecule has 0 aliphatic carbocycles. The first-order valence-corrected chi connectivity index (χ1v) is 9.66. The molecule has 0 spiro atoms. The molecule has 0 aromatic heterocycles. The Morgan fingerprint density at radius 1 is 1.12 bits per heavy atom. The molecule has 0 aliphatic rings. The lowest BCUT2D eigenvalue weighted by Gasteiger charge is -2.28. The number of ether oxygens (including phenoxy) is 2. The highest BCUT2D eigenvalue weighted by atomic mass is 16.7. The van der Waals surface area contributed by atoms with Crippen molar-refractivity contribution in [2.24, 2.45) is 17.3 Å². The smallest absolute Gasteiger partial charge is 0.223 e. The van der Waals surface area contributed by atoms with Gasteiger partial charge in [-0.05, 0) is 42.6 Å². The van der Waals surface area contributed by atoms with Gasteiger partial charge in [0.25, 0.3) is 0 Å². The first-order chi connectivity index (χ1) is 12.3. The molecule has 26 heavy (non-hydrogen) atoms. The molecule has 1 atom stereocenters. The minimum absolute atomic E-state index is 0.000404. The molecule has 0 radical (unpaired) electrons. The van der Waals surface area contributed by atoms with Crippen LogP contribution in [-0.4, -0.2) is 33.0 Å². The molecule has 0 heterocycles. The van der Waals surface area contributed by atoms with E-state index in [1.54, 1.807) is 14.2 Å². The second kappa shape index (κ2) is 11.3. The zero-order chi connectivity index (χ0) is 19.6. The van der Waals surface area contributed by atoms with Gasteiger partial charge in [-0.25, -0.2) is 0 Å². The van der Waals surface area contributed by atoms with Crippen molar-refractivity contribution >= 4 is 5.91 Å². The van der Waals surface area contributed by atoms with Gasteiger partial charge in [0, 0.05) is 26.7 Å². The quantitative estimate of drug-likeness (QED) is 0.559. The summed E-state index contributed by atoms with van der Waals surface area (Å²) in [6.07, 6.45) is 3.53. The molecule has 148 valence electrons. The maximum Gasteiger partial charge on any atom is 0.223 e. The summed E-state index contributed by atoms with van der Waals surface area (Å²) >= 11 is 0. The van der Waals surface area contributed by atoms with Crippen LogP contribution in [0.4, 0.5) is 0 Å². The van der Waals surface area contributed by atoms with Crippen LogP contribution < -0.4 is 5.32 Å². The standard InChI is InChI=1S/C22H37NO3/c1-17(2)19(15-18-11-8-7-9-12-18)21(24)23-16-22(3,4)14-10-13-20(25-5)26-6/h7-9,11-12,17,19-20H,10,13-16H2,1-6H3,(H,23,24)/t19-/m1/s1. The molecule has 0 aliphatic heterocycles. The minimum atomic E-state index is -0.142. The average molecular weight is 364 g/mol. The highest BCUT2D eigenvalue weighted by Crippen LogP contribution is 2.24. The summed E-state index contributed by atoms with van der Waals surface area (Å²) in [6, 6.07) is 10.2. The molecule has 0 saturated heterocycles. The Bertz CT molecular complexity index is 509. The molecule has 4 nitrogen and oxygen atoms in total. The third-order valence-electron chi connectivity index (χ3n) is 5.00. The van der Waals surface area contributed by atoms with Crippen molar-refractivity contribution < 1.29 is 14.3 Å². The molecule has 0 fully saturated rings. The van der Waals surface area contributed by atoms with Crippen LogP contribution in [0.25, 0.3) is 0 Å². The van der Waals surface area contributed by atoms with Gasteiger partial charge in [0.2, 0.25) is 5.91 Å². The fourth-order valence-corrected chi connectivity index (χ4v) is 3.12. The van der Waals surface area contributed by atoms with E-state index in [2.05, 4.69) is 45.1 Å². The van der Waals surface area contributed by atoms with E-state index in [0.717, 1.165) is 25.7 Å². The van der Waals surface area contributed by atoms with Crippen LogP contribution in [0.3, 0.4) is 0 Å². The number of carbonyl (C=O) groups excluding carboxylic acids is 1. The fourth-order valence-electron chi connectivity index (χ4n) is 3.12. The number of hydrogen-bond donors (Lipinski definition) is 1. The highest BCUT2D eigenvalue weighted by Gasteiger charge is 2.25. The largest absolute Gasteiger partial charge is 0.356 e. The predicted octanol–water partition coefficient (Wildman–Crippen LogP) is 4.43. The minimum Gasteiger partial charge on any atom is -0.356 e. The van der Waals surface area contributed by atoms with E-state index >= 15 is 0 Å². The molecule has 1 aromatic carbocycles. The van der Waals surface area contributed by atoms with Gasteiger partial charge >= 0.3 is 0 Å². The van der Waals surface area contributed by atoms with Crippen LogP contribution in [0.15, 0.2) is 30.3 Å². The van der Waals surface area contributed by atoms with E-state index in [4.69, 9.17) is 9.47 Å². The van der Waals surface area contributed by atoms with E-state index in [-0.39, 0.29) is 23.5 Å². The summed E-state index contributed by atoms with van der Waals surface area (Å²) in [4.78, 5) is 12.8. The van der Waals surface area contributed by atoms with Crippen LogP contribution in [0.5, 0.6) is 0 Å². The Labute approximate surface area is 159 Å². The number of rotatable bonds is 12. The molecular formula is C22H37NO3. The lowest BCUT2D eigenvalue weighted by atomic mass is 9.85. The van der Waals surface area contributed by atoms with Crippen molar-refractivity contribution in [3.8, 4) is 0 Å². The van der Waals surface area contributed by atoms with Crippen molar-refractivity contribution in [2.45, 2.75) is 59.7 Å². The lowest BCUT2D eigenvalue weighted by Crippen LogP contribution is -2.40. The van der Waals surface area contributed by atoms with E-state index in [9.17, 15) is 4.79 Å². The van der Waals surface area contributed by atoms with Gasteiger partial charge in [0.1, 0.15) is 0 Å². The van der Waals surface area contributed by atoms with Gasteiger partial charge in [-0.15, -0.1) is 0 Å². The maximum atomic E-state index is 12.8. The van der Waals surface area contributed by atoms with Crippen LogP contribution in [0.2, 0.25) is 0 Å². The van der Waals surface area contributed by atoms with Crippen molar-refractivity contribution in [3.05, 3.63) is 35.9 Å². The highest BCUT2D eigenvalue weighted by molar-refractivity contribution is 5.79. The normalized spacial score (nSPS) is 13.2. The summed E-state index contributed by atoms with van der Waals surface area (Å²) in [7, 11) is 3.33. The number of nitrogens with one attached hydrogen (secondary N) is 1. The van der Waals surface area contributed by atoms with Crippen molar-refractivity contribution in [3.63, 3.8) is 0 Å².